The van der Waals surface area contributed by atoms with E-state index in [0.29, 0.717) is 5.57 Å². The van der Waals surface area contributed by atoms with Gasteiger partial charge < -0.3 is 0 Å². The predicted octanol–water partition coefficient (Wildman–Crippen LogP) is 2.81. The van der Waals surface area contributed by atoms with Gasteiger partial charge in [-0.05, 0) is 26.7 Å². The fraction of sp³-hybridized carbons (Fsp3) is 0.667. The lowest BCUT2D eigenvalue weighted by Crippen LogP contribution is -1.97. The Morgan fingerprint density at radius 1 is 1.33 bits per heavy atom. The minimum Gasteiger partial charge on any atom is -0.264 e. The molecule has 0 N–H and O–H groups in total. The number of allylic oxidation sites excluding steroid dienone is 1. The van der Waals surface area contributed by atoms with Gasteiger partial charge in [0.25, 0.3) is 0 Å². The first-order chi connectivity index (χ1) is 5.63. The Labute approximate surface area is 72.8 Å². The summed E-state index contributed by atoms with van der Waals surface area (Å²) in [4.78, 5) is 20.7. The Kier molecular flexibility index (Phi) is 5.17. The maximum Gasteiger partial charge on any atom is 0.312 e. The second kappa shape index (κ2) is 5.63. The van der Waals surface area contributed by atoms with Crippen molar-refractivity contribution in [3.8, 4) is 0 Å². The van der Waals surface area contributed by atoms with Crippen molar-refractivity contribution in [2.75, 3.05) is 0 Å². The molecule has 0 aromatic heterocycles. The molecule has 12 heavy (non-hydrogen) atoms. The zero-order valence-electron chi connectivity index (χ0n) is 7.89. The second-order valence-corrected chi connectivity index (χ2v) is 2.91. The summed E-state index contributed by atoms with van der Waals surface area (Å²) in [6.07, 6.45) is 3.02. The monoisotopic (exact) mass is 169 g/mol. The molecule has 0 saturated heterocycles. The average molecular weight is 169 g/mol. The van der Waals surface area contributed by atoms with Crippen molar-refractivity contribution in [2.24, 2.45) is 5.18 Å². The number of amides is 1. The van der Waals surface area contributed by atoms with Crippen LogP contribution in [0.2, 0.25) is 0 Å². The summed E-state index contributed by atoms with van der Waals surface area (Å²) in [5.41, 5.74) is 1.47. The van der Waals surface area contributed by atoms with Gasteiger partial charge in [0.05, 0.1) is 0 Å². The Morgan fingerprint density at radius 3 is 2.33 bits per heavy atom. The summed E-state index contributed by atoms with van der Waals surface area (Å²) in [7, 11) is 0. The van der Waals surface area contributed by atoms with E-state index < -0.39 is 5.91 Å². The summed E-state index contributed by atoms with van der Waals surface area (Å²) in [6.45, 7) is 5.60. The van der Waals surface area contributed by atoms with E-state index in [1.165, 1.54) is 0 Å². The molecular weight excluding hydrogens is 154 g/mol. The number of nitrogens with zero attached hydrogens (tertiary/aromatic N) is 1. The number of hydrogen-bond acceptors (Lipinski definition) is 2. The van der Waals surface area contributed by atoms with Crippen molar-refractivity contribution in [3.63, 3.8) is 0 Å². The van der Waals surface area contributed by atoms with E-state index in [0.717, 1.165) is 24.8 Å². The SMILES string of the molecule is CCCC/C(C)=C(/C)C(=O)N=O. The number of hydrogen-bond donors (Lipinski definition) is 0. The molecule has 0 bridgehead atoms. The van der Waals surface area contributed by atoms with Crippen LogP contribution >= 0.6 is 0 Å². The third-order valence-electron chi connectivity index (χ3n) is 1.95. The van der Waals surface area contributed by atoms with E-state index >= 15 is 0 Å². The zero-order chi connectivity index (χ0) is 9.56. The maximum atomic E-state index is 10.8. The van der Waals surface area contributed by atoms with Crippen LogP contribution in [0.15, 0.2) is 16.3 Å². The second-order valence-electron chi connectivity index (χ2n) is 2.91. The van der Waals surface area contributed by atoms with Gasteiger partial charge in [-0.3, -0.25) is 4.79 Å². The van der Waals surface area contributed by atoms with Crippen LogP contribution in [-0.2, 0) is 4.79 Å². The van der Waals surface area contributed by atoms with Crippen LogP contribution in [0, 0.1) is 4.91 Å². The van der Waals surface area contributed by atoms with Gasteiger partial charge in [-0.1, -0.05) is 18.9 Å². The molecular formula is C9H15NO2. The van der Waals surface area contributed by atoms with Crippen molar-refractivity contribution >= 4 is 5.91 Å². The molecule has 0 heterocycles. The summed E-state index contributed by atoms with van der Waals surface area (Å²) in [6, 6.07) is 0. The normalized spacial score (nSPS) is 12.2. The van der Waals surface area contributed by atoms with Crippen molar-refractivity contribution < 1.29 is 4.79 Å². The van der Waals surface area contributed by atoms with E-state index in [9.17, 15) is 9.70 Å². The maximum absolute atomic E-state index is 10.8. The topological polar surface area (TPSA) is 46.5 Å². The van der Waals surface area contributed by atoms with Gasteiger partial charge in [0.1, 0.15) is 0 Å². The van der Waals surface area contributed by atoms with E-state index in [1.807, 2.05) is 6.92 Å². The summed E-state index contributed by atoms with van der Waals surface area (Å²) >= 11 is 0. The highest BCUT2D eigenvalue weighted by molar-refractivity contribution is 5.94. The van der Waals surface area contributed by atoms with Gasteiger partial charge >= 0.3 is 5.91 Å². The van der Waals surface area contributed by atoms with Gasteiger partial charge in [0.15, 0.2) is 0 Å². The predicted molar refractivity (Wildman–Crippen MR) is 48.7 cm³/mol. The highest BCUT2D eigenvalue weighted by Gasteiger charge is 2.06. The fourth-order valence-corrected chi connectivity index (χ4v) is 0.880. The number of nitroso groups, excluding NO2 is 1. The van der Waals surface area contributed by atoms with E-state index in [2.05, 4.69) is 12.1 Å². The van der Waals surface area contributed by atoms with Crippen molar-refractivity contribution in [1.29, 1.82) is 0 Å². The van der Waals surface area contributed by atoms with Crippen molar-refractivity contribution in [2.45, 2.75) is 40.0 Å². The lowest BCUT2D eigenvalue weighted by atomic mass is 10.1. The molecule has 0 atom stereocenters. The molecule has 0 aliphatic carbocycles. The molecule has 3 nitrogen and oxygen atoms in total. The molecule has 0 spiro atoms. The molecule has 0 radical (unpaired) electrons. The smallest absolute Gasteiger partial charge is 0.264 e. The van der Waals surface area contributed by atoms with Gasteiger partial charge in [-0.15, -0.1) is 4.91 Å². The number of unbranched alkanes of at least 4 members (excludes halogenated alkanes) is 1. The first-order valence-electron chi connectivity index (χ1n) is 4.17. The van der Waals surface area contributed by atoms with Crippen molar-refractivity contribution in [1.82, 2.24) is 0 Å². The summed E-state index contributed by atoms with van der Waals surface area (Å²) < 4.78 is 0. The van der Waals surface area contributed by atoms with Crippen LogP contribution in [0.5, 0.6) is 0 Å². The van der Waals surface area contributed by atoms with Crippen LogP contribution < -0.4 is 0 Å². The third-order valence-corrected chi connectivity index (χ3v) is 1.95. The number of carbonyl (C=O) groups excluding carboxylic acids is 1. The van der Waals surface area contributed by atoms with Crippen LogP contribution in [0.4, 0.5) is 0 Å². The highest BCUT2D eigenvalue weighted by atomic mass is 16.3. The Balaban J connectivity index is 4.24. The number of rotatable bonds is 4. The number of carbonyl (C=O) groups is 1. The van der Waals surface area contributed by atoms with Crippen LogP contribution in [0.25, 0.3) is 0 Å². The molecule has 68 valence electrons. The lowest BCUT2D eigenvalue weighted by molar-refractivity contribution is -0.114. The standard InChI is InChI=1S/C9H15NO2/c1-4-5-6-7(2)8(3)9(11)10-12/h4-6H2,1-3H3/b8-7-. The summed E-state index contributed by atoms with van der Waals surface area (Å²) in [5.74, 6) is -0.636. The molecule has 0 unspecified atom stereocenters. The van der Waals surface area contributed by atoms with E-state index in [1.54, 1.807) is 6.92 Å². The van der Waals surface area contributed by atoms with Crippen LogP contribution in [-0.4, -0.2) is 5.91 Å². The molecule has 0 aromatic carbocycles. The first kappa shape index (κ1) is 11.0. The van der Waals surface area contributed by atoms with E-state index in [4.69, 9.17) is 0 Å². The molecule has 0 aliphatic rings. The summed E-state index contributed by atoms with van der Waals surface area (Å²) in [5, 5.41) is 2.37. The molecule has 3 heteroatoms. The fourth-order valence-electron chi connectivity index (χ4n) is 0.880. The molecule has 0 aromatic rings. The van der Waals surface area contributed by atoms with Gasteiger partial charge in [-0.25, -0.2) is 0 Å². The zero-order valence-corrected chi connectivity index (χ0v) is 7.89. The van der Waals surface area contributed by atoms with Gasteiger partial charge in [0.2, 0.25) is 0 Å². The largest absolute Gasteiger partial charge is 0.312 e. The molecule has 0 saturated carbocycles. The highest BCUT2D eigenvalue weighted by Crippen LogP contribution is 2.12. The minimum absolute atomic E-state index is 0.499. The van der Waals surface area contributed by atoms with Crippen LogP contribution in [0.3, 0.4) is 0 Å². The Morgan fingerprint density at radius 2 is 1.92 bits per heavy atom. The minimum atomic E-state index is -0.636. The van der Waals surface area contributed by atoms with Gasteiger partial charge in [-0.2, -0.15) is 0 Å². The molecule has 0 aliphatic heterocycles. The van der Waals surface area contributed by atoms with Crippen LogP contribution in [0.1, 0.15) is 40.0 Å². The Hall–Kier alpha value is -0.990. The van der Waals surface area contributed by atoms with Gasteiger partial charge in [0, 0.05) is 10.7 Å². The molecule has 0 rings (SSSR count). The lowest BCUT2D eigenvalue weighted by Gasteiger charge is -2.01. The molecule has 1 amide bonds. The quantitative estimate of drug-likeness (QED) is 0.480. The average Bonchev–Trinajstić information content (AvgIpc) is 2.11. The Bertz CT molecular complexity index is 207. The van der Waals surface area contributed by atoms with E-state index in [-0.39, 0.29) is 0 Å². The molecule has 0 fully saturated rings. The van der Waals surface area contributed by atoms with Crippen molar-refractivity contribution in [3.05, 3.63) is 16.1 Å². The third kappa shape index (κ3) is 3.42. The first-order valence-corrected chi connectivity index (χ1v) is 4.17.